The van der Waals surface area contributed by atoms with E-state index in [1.54, 1.807) is 7.05 Å². The molecule has 0 aromatic heterocycles. The van der Waals surface area contributed by atoms with E-state index in [0.29, 0.717) is 12.6 Å². The summed E-state index contributed by atoms with van der Waals surface area (Å²) < 4.78 is 5.93. The minimum Gasteiger partial charge on any atom is -0.378 e. The molecule has 2 aliphatic rings. The highest BCUT2D eigenvalue weighted by Crippen LogP contribution is 2.30. The Hall–Kier alpha value is -1.21. The minimum absolute atomic E-state index is 0.438. The van der Waals surface area contributed by atoms with Crippen molar-refractivity contribution in [2.75, 3.05) is 33.3 Å². The fraction of sp³-hybridized carbons (Fsp3) is 0.786. The second-order valence-electron chi connectivity index (χ2n) is 5.07. The second-order valence-corrected chi connectivity index (χ2v) is 5.07. The van der Waals surface area contributed by atoms with E-state index in [1.165, 1.54) is 12.8 Å². The molecule has 0 bridgehead atoms. The molecule has 4 heteroatoms. The van der Waals surface area contributed by atoms with Crippen LogP contribution in [-0.4, -0.2) is 50.3 Å². The first-order valence-corrected chi connectivity index (χ1v) is 6.84. The standard InChI is InChI=1S/C14H23N3O/c1-3-8-16-14(15-2)17-9-6-13(7-10-17)18-11-12-4-5-12/h1,12-13H,4-11H2,2H3,(H,15,16). The number of piperidine rings is 1. The number of ether oxygens (including phenoxy) is 1. The summed E-state index contributed by atoms with van der Waals surface area (Å²) in [4.78, 5) is 6.51. The van der Waals surface area contributed by atoms with Crippen molar-refractivity contribution in [3.8, 4) is 12.3 Å². The Morgan fingerprint density at radius 1 is 1.39 bits per heavy atom. The first kappa shape index (κ1) is 13.2. The summed E-state index contributed by atoms with van der Waals surface area (Å²) in [7, 11) is 1.80. The highest BCUT2D eigenvalue weighted by atomic mass is 16.5. The molecule has 0 atom stereocenters. The van der Waals surface area contributed by atoms with Gasteiger partial charge >= 0.3 is 0 Å². The molecule has 1 saturated heterocycles. The summed E-state index contributed by atoms with van der Waals surface area (Å²) in [5.74, 6) is 4.34. The Balaban J connectivity index is 1.69. The topological polar surface area (TPSA) is 36.9 Å². The zero-order valence-electron chi connectivity index (χ0n) is 11.2. The summed E-state index contributed by atoms with van der Waals surface area (Å²) in [6.07, 6.45) is 10.6. The van der Waals surface area contributed by atoms with Gasteiger partial charge in [0.15, 0.2) is 5.96 Å². The normalized spacial score (nSPS) is 21.8. The molecule has 0 spiro atoms. The third-order valence-corrected chi connectivity index (χ3v) is 3.57. The number of hydrogen-bond donors (Lipinski definition) is 1. The number of likely N-dealkylation sites (tertiary alicyclic amines) is 1. The summed E-state index contributed by atoms with van der Waals surface area (Å²) in [5.41, 5.74) is 0. The number of hydrogen-bond acceptors (Lipinski definition) is 2. The molecule has 0 amide bonds. The van der Waals surface area contributed by atoms with E-state index < -0.39 is 0 Å². The van der Waals surface area contributed by atoms with Gasteiger partial charge in [-0.05, 0) is 31.6 Å². The minimum atomic E-state index is 0.438. The summed E-state index contributed by atoms with van der Waals surface area (Å²) in [6, 6.07) is 0. The fourth-order valence-corrected chi connectivity index (χ4v) is 2.25. The van der Waals surface area contributed by atoms with Crippen LogP contribution in [0.25, 0.3) is 0 Å². The lowest BCUT2D eigenvalue weighted by atomic mass is 10.1. The van der Waals surface area contributed by atoms with E-state index >= 15 is 0 Å². The molecule has 100 valence electrons. The van der Waals surface area contributed by atoms with Crippen LogP contribution in [0, 0.1) is 18.3 Å². The first-order chi connectivity index (χ1) is 8.83. The van der Waals surface area contributed by atoms with E-state index in [-0.39, 0.29) is 0 Å². The van der Waals surface area contributed by atoms with Crippen molar-refractivity contribution in [1.82, 2.24) is 10.2 Å². The molecule has 1 heterocycles. The Kier molecular flexibility index (Phi) is 4.89. The molecular weight excluding hydrogens is 226 g/mol. The maximum atomic E-state index is 5.93. The van der Waals surface area contributed by atoms with Crippen molar-refractivity contribution in [1.29, 1.82) is 0 Å². The largest absolute Gasteiger partial charge is 0.378 e. The van der Waals surface area contributed by atoms with Crippen molar-refractivity contribution >= 4 is 5.96 Å². The van der Waals surface area contributed by atoms with E-state index in [9.17, 15) is 0 Å². The summed E-state index contributed by atoms with van der Waals surface area (Å²) in [5, 5.41) is 3.16. The predicted octanol–water partition coefficient (Wildman–Crippen LogP) is 1.09. The fourth-order valence-electron chi connectivity index (χ4n) is 2.25. The van der Waals surface area contributed by atoms with Crippen LogP contribution in [0.3, 0.4) is 0 Å². The third-order valence-electron chi connectivity index (χ3n) is 3.57. The quantitative estimate of drug-likeness (QED) is 0.460. The van der Waals surface area contributed by atoms with Crippen LogP contribution in [0.5, 0.6) is 0 Å². The van der Waals surface area contributed by atoms with Gasteiger partial charge in [0.05, 0.1) is 12.6 Å². The van der Waals surface area contributed by atoms with Gasteiger partial charge in [0.1, 0.15) is 0 Å². The van der Waals surface area contributed by atoms with Gasteiger partial charge in [-0.2, -0.15) is 0 Å². The van der Waals surface area contributed by atoms with E-state index in [0.717, 1.165) is 44.4 Å². The number of terminal acetylenes is 1. The van der Waals surface area contributed by atoms with Gasteiger partial charge in [-0.15, -0.1) is 6.42 Å². The van der Waals surface area contributed by atoms with E-state index in [1.807, 2.05) is 0 Å². The highest BCUT2D eigenvalue weighted by molar-refractivity contribution is 5.80. The lowest BCUT2D eigenvalue weighted by molar-refractivity contribution is 0.0131. The van der Waals surface area contributed by atoms with Gasteiger partial charge in [0.2, 0.25) is 0 Å². The molecular formula is C14H23N3O. The van der Waals surface area contributed by atoms with Crippen molar-refractivity contribution < 1.29 is 4.74 Å². The average Bonchev–Trinajstić information content (AvgIpc) is 3.23. The van der Waals surface area contributed by atoms with Crippen molar-refractivity contribution in [2.45, 2.75) is 31.8 Å². The summed E-state index contributed by atoms with van der Waals surface area (Å²) >= 11 is 0. The Bertz CT molecular complexity index is 322. The van der Waals surface area contributed by atoms with Crippen molar-refractivity contribution in [3.05, 3.63) is 0 Å². The molecule has 0 unspecified atom stereocenters. The lowest BCUT2D eigenvalue weighted by Gasteiger charge is -2.34. The molecule has 1 aliphatic heterocycles. The first-order valence-electron chi connectivity index (χ1n) is 6.84. The second kappa shape index (κ2) is 6.65. The van der Waals surface area contributed by atoms with Gasteiger partial charge < -0.3 is 15.0 Å². The third kappa shape index (κ3) is 3.92. The van der Waals surface area contributed by atoms with E-state index in [2.05, 4.69) is 21.1 Å². The zero-order chi connectivity index (χ0) is 12.8. The monoisotopic (exact) mass is 249 g/mol. The van der Waals surface area contributed by atoms with Crippen LogP contribution in [0.15, 0.2) is 4.99 Å². The van der Waals surface area contributed by atoms with Crippen LogP contribution in [0.4, 0.5) is 0 Å². The smallest absolute Gasteiger partial charge is 0.194 e. The maximum Gasteiger partial charge on any atom is 0.194 e. The van der Waals surface area contributed by atoms with Gasteiger partial charge in [-0.1, -0.05) is 5.92 Å². The number of rotatable bonds is 4. The molecule has 0 aromatic rings. The van der Waals surface area contributed by atoms with Gasteiger partial charge in [-0.25, -0.2) is 0 Å². The summed E-state index contributed by atoms with van der Waals surface area (Å²) in [6.45, 7) is 3.50. The maximum absolute atomic E-state index is 5.93. The molecule has 2 rings (SSSR count). The number of nitrogens with one attached hydrogen (secondary N) is 1. The zero-order valence-corrected chi connectivity index (χ0v) is 11.2. The number of nitrogens with zero attached hydrogens (tertiary/aromatic N) is 2. The number of guanidine groups is 1. The molecule has 4 nitrogen and oxygen atoms in total. The number of aliphatic imine (C=N–C) groups is 1. The molecule has 0 radical (unpaired) electrons. The van der Waals surface area contributed by atoms with Gasteiger partial charge in [0.25, 0.3) is 0 Å². The molecule has 1 N–H and O–H groups in total. The Labute approximate surface area is 110 Å². The van der Waals surface area contributed by atoms with Crippen LogP contribution < -0.4 is 5.32 Å². The molecule has 1 saturated carbocycles. The molecule has 0 aromatic carbocycles. The van der Waals surface area contributed by atoms with Crippen LogP contribution in [0.2, 0.25) is 0 Å². The van der Waals surface area contributed by atoms with Gasteiger partial charge in [-0.3, -0.25) is 4.99 Å². The Morgan fingerprint density at radius 3 is 2.67 bits per heavy atom. The van der Waals surface area contributed by atoms with Crippen molar-refractivity contribution in [2.24, 2.45) is 10.9 Å². The molecule has 18 heavy (non-hydrogen) atoms. The van der Waals surface area contributed by atoms with Crippen LogP contribution in [0.1, 0.15) is 25.7 Å². The molecule has 1 aliphatic carbocycles. The lowest BCUT2D eigenvalue weighted by Crippen LogP contribution is -2.47. The SMILES string of the molecule is C#CCNC(=NC)N1CCC(OCC2CC2)CC1. The predicted molar refractivity (Wildman–Crippen MR) is 73.5 cm³/mol. The van der Waals surface area contributed by atoms with E-state index in [4.69, 9.17) is 11.2 Å². The van der Waals surface area contributed by atoms with Gasteiger partial charge in [0, 0.05) is 26.7 Å². The average molecular weight is 249 g/mol. The highest BCUT2D eigenvalue weighted by Gasteiger charge is 2.26. The Morgan fingerprint density at radius 2 is 2.11 bits per heavy atom. The molecule has 2 fully saturated rings. The van der Waals surface area contributed by atoms with Crippen LogP contribution >= 0.6 is 0 Å². The van der Waals surface area contributed by atoms with Crippen LogP contribution in [-0.2, 0) is 4.74 Å². The van der Waals surface area contributed by atoms with Crippen molar-refractivity contribution in [3.63, 3.8) is 0 Å².